The Hall–Kier alpha value is -3.56. The maximum absolute atomic E-state index is 13.1. The number of primary amides is 1. The minimum atomic E-state index is -1.47. The van der Waals surface area contributed by atoms with E-state index in [1.54, 1.807) is 0 Å². The lowest BCUT2D eigenvalue weighted by Crippen LogP contribution is -2.58. The fourth-order valence-corrected chi connectivity index (χ4v) is 3.45. The monoisotopic (exact) mass is 525 g/mol. The van der Waals surface area contributed by atoms with Gasteiger partial charge in [0.25, 0.3) is 0 Å². The second kappa shape index (κ2) is 17.0. The van der Waals surface area contributed by atoms with E-state index in [-0.39, 0.29) is 12.8 Å². The van der Waals surface area contributed by atoms with Crippen molar-refractivity contribution in [3.05, 3.63) is 18.2 Å². The van der Waals surface area contributed by atoms with E-state index in [0.29, 0.717) is 50.9 Å². The summed E-state index contributed by atoms with van der Waals surface area (Å²) in [5.41, 5.74) is 22.6. The van der Waals surface area contributed by atoms with Gasteiger partial charge in [0.15, 0.2) is 0 Å². The Labute approximate surface area is 214 Å². The average molecular weight is 526 g/mol. The summed E-state index contributed by atoms with van der Waals surface area (Å²) in [6.07, 6.45) is 5.05. The molecule has 0 aliphatic rings. The zero-order chi connectivity index (χ0) is 27.8. The van der Waals surface area contributed by atoms with Crippen LogP contribution < -0.4 is 38.9 Å². The van der Waals surface area contributed by atoms with Crippen LogP contribution >= 0.6 is 0 Å². The van der Waals surface area contributed by atoms with E-state index in [0.717, 1.165) is 0 Å². The molecule has 0 spiro atoms. The number of H-pyrrole nitrogens is 1. The predicted octanol–water partition coefficient (Wildman–Crippen LogP) is -3.05. The second-order valence-electron chi connectivity index (χ2n) is 8.65. The molecule has 1 aromatic heterocycles. The molecule has 1 heterocycles. The molecule has 0 aliphatic heterocycles. The van der Waals surface area contributed by atoms with Crippen molar-refractivity contribution in [1.29, 1.82) is 0 Å². The first-order chi connectivity index (χ1) is 17.6. The number of nitrogens with one attached hydrogen (secondary N) is 4. The number of rotatable bonds is 19. The van der Waals surface area contributed by atoms with Crippen LogP contribution in [0, 0.1) is 0 Å². The summed E-state index contributed by atoms with van der Waals surface area (Å²) in [4.78, 5) is 68.3. The van der Waals surface area contributed by atoms with Crippen molar-refractivity contribution in [2.24, 2.45) is 22.9 Å². The number of aromatic nitrogens is 2. The largest absolute Gasteiger partial charge is 0.480 e. The van der Waals surface area contributed by atoms with Gasteiger partial charge in [-0.25, -0.2) is 9.78 Å². The molecule has 0 radical (unpaired) electrons. The van der Waals surface area contributed by atoms with E-state index in [2.05, 4.69) is 25.9 Å². The lowest BCUT2D eigenvalue weighted by molar-refractivity contribution is -0.142. The third-order valence-electron chi connectivity index (χ3n) is 5.52. The van der Waals surface area contributed by atoms with Crippen LogP contribution in [0.1, 0.15) is 50.6 Å². The highest BCUT2D eigenvalue weighted by molar-refractivity contribution is 5.96. The molecule has 0 saturated heterocycles. The Bertz CT molecular complexity index is 880. The SMILES string of the molecule is NCCCCC(N)C(=O)NC(CCCCN)C(=O)NC(CC(N)=O)C(=O)NC(Cc1cnc[nH]1)C(=O)O. The van der Waals surface area contributed by atoms with E-state index >= 15 is 0 Å². The molecule has 208 valence electrons. The summed E-state index contributed by atoms with van der Waals surface area (Å²) in [7, 11) is 0. The van der Waals surface area contributed by atoms with E-state index in [1.165, 1.54) is 12.5 Å². The molecule has 0 bridgehead atoms. The second-order valence-corrected chi connectivity index (χ2v) is 8.65. The van der Waals surface area contributed by atoms with Crippen LogP contribution in [0.25, 0.3) is 0 Å². The molecule has 4 atom stereocenters. The molecule has 13 N–H and O–H groups in total. The van der Waals surface area contributed by atoms with E-state index in [9.17, 15) is 29.1 Å². The van der Waals surface area contributed by atoms with Crippen molar-refractivity contribution in [3.63, 3.8) is 0 Å². The Balaban J connectivity index is 2.94. The number of nitrogens with two attached hydrogens (primary N) is 4. The number of carbonyl (C=O) groups is 5. The zero-order valence-electron chi connectivity index (χ0n) is 20.8. The fourth-order valence-electron chi connectivity index (χ4n) is 3.45. The van der Waals surface area contributed by atoms with Crippen LogP contribution in [0.15, 0.2) is 12.5 Å². The number of carboxylic acid groups (broad SMARTS) is 1. The number of nitrogens with zero attached hydrogens (tertiary/aromatic N) is 1. The van der Waals surface area contributed by atoms with Gasteiger partial charge in [0.05, 0.1) is 18.8 Å². The lowest BCUT2D eigenvalue weighted by atomic mass is 10.0. The van der Waals surface area contributed by atoms with Gasteiger partial charge in [-0.1, -0.05) is 6.42 Å². The quantitative estimate of drug-likeness (QED) is 0.0823. The number of amides is 4. The van der Waals surface area contributed by atoms with Gasteiger partial charge in [0.1, 0.15) is 18.1 Å². The molecular formula is C22H39N9O6. The standard InChI is InChI=1S/C22H39N9O6/c23-7-3-1-5-14(25)19(33)29-15(6-2-4-8-24)20(34)30-16(10-18(26)32)21(35)31-17(22(36)37)9-13-11-27-12-28-13/h11-12,14-17H,1-10,23-25H2,(H2,26,32)(H,27,28)(H,29,33)(H,30,34)(H,31,35)(H,36,37). The summed E-state index contributed by atoms with van der Waals surface area (Å²) in [6.45, 7) is 0.840. The first-order valence-corrected chi connectivity index (χ1v) is 12.1. The molecule has 1 aromatic rings. The maximum Gasteiger partial charge on any atom is 0.326 e. The Morgan fingerprint density at radius 3 is 1.97 bits per heavy atom. The third kappa shape index (κ3) is 12.3. The number of hydrogen-bond acceptors (Lipinski definition) is 9. The maximum atomic E-state index is 13.1. The van der Waals surface area contributed by atoms with Crippen molar-refractivity contribution < 1.29 is 29.1 Å². The van der Waals surface area contributed by atoms with Crippen molar-refractivity contribution >= 4 is 29.6 Å². The van der Waals surface area contributed by atoms with Crippen LogP contribution in [0.5, 0.6) is 0 Å². The Kier molecular flexibility index (Phi) is 14.5. The minimum absolute atomic E-state index is 0.113. The Morgan fingerprint density at radius 1 is 0.865 bits per heavy atom. The van der Waals surface area contributed by atoms with Crippen LogP contribution in [0.4, 0.5) is 0 Å². The summed E-state index contributed by atoms with van der Waals surface area (Å²) >= 11 is 0. The molecule has 1 rings (SSSR count). The van der Waals surface area contributed by atoms with Gasteiger partial charge in [-0.15, -0.1) is 0 Å². The van der Waals surface area contributed by atoms with Crippen LogP contribution in [0.2, 0.25) is 0 Å². The molecule has 0 aliphatic carbocycles. The van der Waals surface area contributed by atoms with Crippen molar-refractivity contribution in [1.82, 2.24) is 25.9 Å². The molecule has 15 nitrogen and oxygen atoms in total. The highest BCUT2D eigenvalue weighted by Crippen LogP contribution is 2.06. The van der Waals surface area contributed by atoms with Crippen molar-refractivity contribution in [2.45, 2.75) is 75.5 Å². The first-order valence-electron chi connectivity index (χ1n) is 12.1. The van der Waals surface area contributed by atoms with Gasteiger partial charge < -0.3 is 49.0 Å². The number of carboxylic acids is 1. The number of unbranched alkanes of at least 4 members (excludes halogenated alkanes) is 2. The number of imidazole rings is 1. The predicted molar refractivity (Wildman–Crippen MR) is 133 cm³/mol. The van der Waals surface area contributed by atoms with E-state index in [1.807, 2.05) is 0 Å². The number of aliphatic carboxylic acids is 1. The molecule has 37 heavy (non-hydrogen) atoms. The summed E-state index contributed by atoms with van der Waals surface area (Å²) in [6, 6.07) is -4.77. The summed E-state index contributed by atoms with van der Waals surface area (Å²) in [5, 5.41) is 16.8. The molecule has 15 heteroatoms. The normalized spacial score (nSPS) is 14.1. The fraction of sp³-hybridized carbons (Fsp3) is 0.636. The zero-order valence-corrected chi connectivity index (χ0v) is 20.8. The van der Waals surface area contributed by atoms with Gasteiger partial charge in [-0.05, 0) is 45.2 Å². The molecule has 0 fully saturated rings. The van der Waals surface area contributed by atoms with Gasteiger partial charge >= 0.3 is 5.97 Å². The first kappa shape index (κ1) is 31.5. The minimum Gasteiger partial charge on any atom is -0.480 e. The number of hydrogen-bond donors (Lipinski definition) is 9. The molecule has 4 unspecified atom stereocenters. The van der Waals surface area contributed by atoms with Gasteiger partial charge in [-0.3, -0.25) is 19.2 Å². The summed E-state index contributed by atoms with van der Waals surface area (Å²) < 4.78 is 0. The van der Waals surface area contributed by atoms with E-state index < -0.39 is 60.2 Å². The highest BCUT2D eigenvalue weighted by Gasteiger charge is 2.31. The van der Waals surface area contributed by atoms with Gasteiger partial charge in [-0.2, -0.15) is 0 Å². The Morgan fingerprint density at radius 2 is 1.43 bits per heavy atom. The van der Waals surface area contributed by atoms with Gasteiger partial charge in [0, 0.05) is 18.3 Å². The lowest BCUT2D eigenvalue weighted by Gasteiger charge is -2.25. The van der Waals surface area contributed by atoms with Gasteiger partial charge in [0.2, 0.25) is 23.6 Å². The molecule has 0 aromatic carbocycles. The van der Waals surface area contributed by atoms with Crippen LogP contribution in [-0.4, -0.2) is 81.9 Å². The summed E-state index contributed by atoms with van der Waals surface area (Å²) in [5.74, 6) is -4.45. The van der Waals surface area contributed by atoms with Crippen LogP contribution in [0.3, 0.4) is 0 Å². The third-order valence-corrected chi connectivity index (χ3v) is 5.52. The number of carbonyl (C=O) groups excluding carboxylic acids is 4. The van der Waals surface area contributed by atoms with Crippen LogP contribution in [-0.2, 0) is 30.4 Å². The highest BCUT2D eigenvalue weighted by atomic mass is 16.4. The molecular weight excluding hydrogens is 486 g/mol. The molecule has 0 saturated carbocycles. The molecule has 4 amide bonds. The van der Waals surface area contributed by atoms with Crippen molar-refractivity contribution in [2.75, 3.05) is 13.1 Å². The average Bonchev–Trinajstić information content (AvgIpc) is 3.35. The number of aromatic amines is 1. The van der Waals surface area contributed by atoms with E-state index in [4.69, 9.17) is 22.9 Å². The van der Waals surface area contributed by atoms with Crippen molar-refractivity contribution in [3.8, 4) is 0 Å². The topological polar surface area (TPSA) is 274 Å². The smallest absolute Gasteiger partial charge is 0.326 e.